The van der Waals surface area contributed by atoms with E-state index in [9.17, 15) is 14.4 Å². The lowest BCUT2D eigenvalue weighted by Crippen LogP contribution is -2.57. The van der Waals surface area contributed by atoms with Crippen LogP contribution in [0.15, 0.2) is 42.5 Å². The normalized spacial score (nSPS) is 15.2. The van der Waals surface area contributed by atoms with Crippen LogP contribution in [0, 0.1) is 13.8 Å². The van der Waals surface area contributed by atoms with Gasteiger partial charge < -0.3 is 20.3 Å². The molecule has 3 rings (SSSR count). The van der Waals surface area contributed by atoms with E-state index in [4.69, 9.17) is 16.3 Å². The fourth-order valence-electron chi connectivity index (χ4n) is 4.26. The summed E-state index contributed by atoms with van der Waals surface area (Å²) in [6.07, 6.45) is 1.76. The third kappa shape index (κ3) is 7.42. The highest BCUT2D eigenvalue weighted by molar-refractivity contribution is 7.80. The molecule has 2 aromatic carbocycles. The van der Waals surface area contributed by atoms with E-state index in [1.165, 1.54) is 0 Å². The summed E-state index contributed by atoms with van der Waals surface area (Å²) in [6, 6.07) is 10.9. The standard InChI is InChI=1S/C28H36ClN3O4S/c1-17-9-6-11-19(15-17)24(25(33)31-23-18(2)10-7-14-21(23)29)32(20-12-8-13-20)26(34)22(16-37)30-27(35)36-28(3,4)5/h6-7,9-11,14-15,20,22,24,37H,8,12-13,16H2,1-5H3,(H,30,35)(H,31,33). The van der Waals surface area contributed by atoms with Crippen molar-refractivity contribution in [3.05, 3.63) is 64.2 Å². The molecule has 0 heterocycles. The van der Waals surface area contributed by atoms with E-state index < -0.39 is 23.8 Å². The van der Waals surface area contributed by atoms with Gasteiger partial charge in [0.15, 0.2) is 0 Å². The van der Waals surface area contributed by atoms with E-state index in [-0.39, 0.29) is 23.6 Å². The van der Waals surface area contributed by atoms with Crippen LogP contribution in [0.25, 0.3) is 0 Å². The summed E-state index contributed by atoms with van der Waals surface area (Å²) < 4.78 is 5.37. The summed E-state index contributed by atoms with van der Waals surface area (Å²) in [6.45, 7) is 9.05. The van der Waals surface area contributed by atoms with E-state index in [1.54, 1.807) is 31.7 Å². The summed E-state index contributed by atoms with van der Waals surface area (Å²) in [5.41, 5.74) is 2.23. The summed E-state index contributed by atoms with van der Waals surface area (Å²) >= 11 is 10.8. The maximum atomic E-state index is 14.0. The molecule has 1 aliphatic rings. The number of amides is 3. The van der Waals surface area contributed by atoms with Gasteiger partial charge in [0, 0.05) is 11.8 Å². The summed E-state index contributed by atoms with van der Waals surface area (Å²) in [5, 5.41) is 6.03. The molecule has 7 nitrogen and oxygen atoms in total. The van der Waals surface area contributed by atoms with Crippen LogP contribution in [0.3, 0.4) is 0 Å². The molecule has 0 radical (unpaired) electrons. The fourth-order valence-corrected chi connectivity index (χ4v) is 4.77. The molecule has 2 N–H and O–H groups in total. The highest BCUT2D eigenvalue weighted by atomic mass is 35.5. The van der Waals surface area contributed by atoms with Gasteiger partial charge in [-0.25, -0.2) is 4.79 Å². The van der Waals surface area contributed by atoms with Gasteiger partial charge in [-0.15, -0.1) is 0 Å². The van der Waals surface area contributed by atoms with E-state index in [0.29, 0.717) is 16.3 Å². The molecule has 2 atom stereocenters. The zero-order valence-corrected chi connectivity index (χ0v) is 23.7. The number of ether oxygens (including phenoxy) is 1. The van der Waals surface area contributed by atoms with Crippen molar-refractivity contribution in [1.29, 1.82) is 0 Å². The van der Waals surface area contributed by atoms with Crippen LogP contribution in [-0.2, 0) is 14.3 Å². The van der Waals surface area contributed by atoms with Crippen molar-refractivity contribution in [3.8, 4) is 0 Å². The Kier molecular flexibility index (Phi) is 9.53. The molecule has 1 saturated carbocycles. The Morgan fingerprint density at radius 2 is 1.81 bits per heavy atom. The maximum Gasteiger partial charge on any atom is 0.408 e. The molecule has 0 spiro atoms. The number of carbonyl (C=O) groups excluding carboxylic acids is 3. The van der Waals surface area contributed by atoms with E-state index in [1.807, 2.05) is 50.2 Å². The minimum absolute atomic E-state index is 0.0487. The number of hydrogen-bond acceptors (Lipinski definition) is 5. The lowest BCUT2D eigenvalue weighted by atomic mass is 9.88. The van der Waals surface area contributed by atoms with Gasteiger partial charge in [0.05, 0.1) is 10.7 Å². The van der Waals surface area contributed by atoms with Gasteiger partial charge in [-0.3, -0.25) is 9.59 Å². The number of benzene rings is 2. The van der Waals surface area contributed by atoms with E-state index in [0.717, 1.165) is 30.4 Å². The van der Waals surface area contributed by atoms with Crippen LogP contribution in [0.2, 0.25) is 5.02 Å². The molecule has 0 aliphatic heterocycles. The molecule has 1 fully saturated rings. The van der Waals surface area contributed by atoms with Gasteiger partial charge in [-0.2, -0.15) is 12.6 Å². The predicted molar refractivity (Wildman–Crippen MR) is 150 cm³/mol. The summed E-state index contributed by atoms with van der Waals surface area (Å²) in [5.74, 6) is -0.715. The lowest BCUT2D eigenvalue weighted by Gasteiger charge is -2.43. The number of rotatable bonds is 8. The van der Waals surface area contributed by atoms with E-state index in [2.05, 4.69) is 23.3 Å². The number of alkyl carbamates (subject to hydrolysis) is 1. The Bertz CT molecular complexity index is 1130. The molecule has 0 aromatic heterocycles. The van der Waals surface area contributed by atoms with Gasteiger partial charge in [-0.05, 0) is 71.1 Å². The number of nitrogens with one attached hydrogen (secondary N) is 2. The van der Waals surface area contributed by atoms with Crippen molar-refractivity contribution in [1.82, 2.24) is 10.2 Å². The van der Waals surface area contributed by atoms with Gasteiger partial charge in [0.1, 0.15) is 17.7 Å². The van der Waals surface area contributed by atoms with Crippen molar-refractivity contribution in [2.24, 2.45) is 0 Å². The Labute approximate surface area is 229 Å². The van der Waals surface area contributed by atoms with Gasteiger partial charge in [0.2, 0.25) is 5.91 Å². The van der Waals surface area contributed by atoms with Crippen LogP contribution in [0.5, 0.6) is 0 Å². The van der Waals surface area contributed by atoms with Crippen LogP contribution in [-0.4, -0.2) is 46.2 Å². The highest BCUT2D eigenvalue weighted by Crippen LogP contribution is 2.35. The van der Waals surface area contributed by atoms with Crippen LogP contribution in [0.1, 0.15) is 62.8 Å². The molecular weight excluding hydrogens is 510 g/mol. The third-order valence-corrected chi connectivity index (χ3v) is 6.93. The topological polar surface area (TPSA) is 87.7 Å². The smallest absolute Gasteiger partial charge is 0.408 e. The Hall–Kier alpha value is -2.71. The molecule has 37 heavy (non-hydrogen) atoms. The first-order valence-electron chi connectivity index (χ1n) is 12.5. The van der Waals surface area contributed by atoms with Gasteiger partial charge >= 0.3 is 6.09 Å². The van der Waals surface area contributed by atoms with Crippen LogP contribution in [0.4, 0.5) is 10.5 Å². The molecule has 1 aliphatic carbocycles. The number of anilines is 1. The van der Waals surface area contributed by atoms with Crippen molar-refractivity contribution in [2.45, 2.75) is 77.6 Å². The highest BCUT2D eigenvalue weighted by Gasteiger charge is 2.42. The zero-order chi connectivity index (χ0) is 27.3. The molecular formula is C28H36ClN3O4S. The average molecular weight is 546 g/mol. The monoisotopic (exact) mass is 545 g/mol. The third-order valence-electron chi connectivity index (χ3n) is 6.25. The number of aryl methyl sites for hydroxylation is 2. The number of nitrogens with zero attached hydrogens (tertiary/aromatic N) is 1. The minimum Gasteiger partial charge on any atom is -0.444 e. The first-order chi connectivity index (χ1) is 17.4. The fraction of sp³-hybridized carbons (Fsp3) is 0.464. The maximum absolute atomic E-state index is 14.0. The second-order valence-electron chi connectivity index (χ2n) is 10.4. The number of halogens is 1. The summed E-state index contributed by atoms with van der Waals surface area (Å²) in [4.78, 5) is 42.1. The molecule has 2 aromatic rings. The molecule has 9 heteroatoms. The number of carbonyl (C=O) groups is 3. The second kappa shape index (κ2) is 12.2. The van der Waals surface area contributed by atoms with Crippen molar-refractivity contribution in [2.75, 3.05) is 11.1 Å². The van der Waals surface area contributed by atoms with Crippen molar-refractivity contribution >= 4 is 47.8 Å². The SMILES string of the molecule is Cc1cccc(C(C(=O)Nc2c(C)cccc2Cl)N(C(=O)C(CS)NC(=O)OC(C)(C)C)C2CCC2)c1. The lowest BCUT2D eigenvalue weighted by molar-refractivity contribution is -0.145. The van der Waals surface area contributed by atoms with Crippen LogP contribution >= 0.6 is 24.2 Å². The molecule has 0 saturated heterocycles. The number of hydrogen-bond donors (Lipinski definition) is 3. The first kappa shape index (κ1) is 28.9. The number of thiol groups is 1. The molecule has 200 valence electrons. The Morgan fingerprint density at radius 3 is 2.35 bits per heavy atom. The zero-order valence-electron chi connectivity index (χ0n) is 22.0. The number of para-hydroxylation sites is 1. The van der Waals surface area contributed by atoms with Crippen molar-refractivity contribution < 1.29 is 19.1 Å². The Balaban J connectivity index is 2.01. The summed E-state index contributed by atoms with van der Waals surface area (Å²) in [7, 11) is 0. The molecule has 0 bridgehead atoms. The van der Waals surface area contributed by atoms with Gasteiger partial charge in [-0.1, -0.05) is 53.6 Å². The van der Waals surface area contributed by atoms with Crippen LogP contribution < -0.4 is 10.6 Å². The van der Waals surface area contributed by atoms with E-state index >= 15 is 0 Å². The predicted octanol–water partition coefficient (Wildman–Crippen LogP) is 5.84. The average Bonchev–Trinajstić information content (AvgIpc) is 2.77. The van der Waals surface area contributed by atoms with Crippen molar-refractivity contribution in [3.63, 3.8) is 0 Å². The second-order valence-corrected chi connectivity index (χ2v) is 11.2. The quantitative estimate of drug-likeness (QED) is 0.364. The largest absolute Gasteiger partial charge is 0.444 e. The Morgan fingerprint density at radius 1 is 1.14 bits per heavy atom. The molecule has 3 amide bonds. The molecule has 2 unspecified atom stereocenters. The van der Waals surface area contributed by atoms with Gasteiger partial charge in [0.25, 0.3) is 5.91 Å². The minimum atomic E-state index is -0.971. The first-order valence-corrected chi connectivity index (χ1v) is 13.5.